The van der Waals surface area contributed by atoms with Crippen LogP contribution in [0, 0.1) is 0 Å². The van der Waals surface area contributed by atoms with Crippen LogP contribution in [0.4, 0.5) is 5.95 Å². The van der Waals surface area contributed by atoms with Crippen molar-refractivity contribution >= 4 is 11.9 Å². The number of carbonyl (C=O) groups excluding carboxylic acids is 1. The second-order valence-electron chi connectivity index (χ2n) is 5.63. The third-order valence-corrected chi connectivity index (χ3v) is 3.63. The number of hydrogen-bond donors (Lipinski definition) is 0. The maximum absolute atomic E-state index is 12.0. The molecule has 0 saturated carbocycles. The highest BCUT2D eigenvalue weighted by Gasteiger charge is 2.22. The Bertz CT molecular complexity index is 496. The van der Waals surface area contributed by atoms with Gasteiger partial charge in [0.2, 0.25) is 5.95 Å². The zero-order valence-electron chi connectivity index (χ0n) is 13.3. The molecule has 6 nitrogen and oxygen atoms in total. The van der Waals surface area contributed by atoms with Gasteiger partial charge in [-0.2, -0.15) is 0 Å². The first-order valence-electron chi connectivity index (χ1n) is 7.50. The first-order valence-corrected chi connectivity index (χ1v) is 7.50. The van der Waals surface area contributed by atoms with Crippen LogP contribution in [-0.4, -0.2) is 60.7 Å². The lowest BCUT2D eigenvalue weighted by atomic mass is 10.1. The smallest absolute Gasteiger partial charge is 0.341 e. The van der Waals surface area contributed by atoms with Crippen molar-refractivity contribution in [2.75, 3.05) is 44.7 Å². The predicted molar refractivity (Wildman–Crippen MR) is 81.8 cm³/mol. The van der Waals surface area contributed by atoms with Crippen LogP contribution in [0.25, 0.3) is 0 Å². The summed E-state index contributed by atoms with van der Waals surface area (Å²) in [5.74, 6) is 0.518. The summed E-state index contributed by atoms with van der Waals surface area (Å²) >= 11 is 0. The zero-order chi connectivity index (χ0) is 15.4. The highest BCUT2D eigenvalue weighted by atomic mass is 16.5. The highest BCUT2D eigenvalue weighted by molar-refractivity contribution is 5.90. The van der Waals surface area contributed by atoms with Gasteiger partial charge in [0.1, 0.15) is 0 Å². The summed E-state index contributed by atoms with van der Waals surface area (Å²) in [5, 5.41) is 0. The van der Waals surface area contributed by atoms with E-state index < -0.39 is 0 Å². The number of aromatic nitrogens is 2. The van der Waals surface area contributed by atoms with Crippen LogP contribution in [0.1, 0.15) is 42.7 Å². The molecule has 116 valence electrons. The van der Waals surface area contributed by atoms with E-state index in [1.54, 1.807) is 13.1 Å². The fraction of sp³-hybridized carbons (Fsp3) is 0.667. The number of nitrogens with zero attached hydrogens (tertiary/aromatic N) is 4. The SMILES string of the molecule is CCOC(=O)c1cnc(N2CCN(C)CC2)nc1C(C)C. The number of hydrogen-bond acceptors (Lipinski definition) is 6. The molecule has 0 unspecified atom stereocenters. The molecule has 0 bridgehead atoms. The minimum atomic E-state index is -0.342. The van der Waals surface area contributed by atoms with Crippen molar-refractivity contribution in [2.24, 2.45) is 0 Å². The Morgan fingerprint density at radius 3 is 2.57 bits per heavy atom. The van der Waals surface area contributed by atoms with Crippen molar-refractivity contribution in [3.05, 3.63) is 17.5 Å². The molecule has 1 aromatic heterocycles. The van der Waals surface area contributed by atoms with Gasteiger partial charge in [0.25, 0.3) is 0 Å². The number of carbonyl (C=O) groups is 1. The van der Waals surface area contributed by atoms with E-state index in [2.05, 4.69) is 26.8 Å². The molecule has 0 aliphatic carbocycles. The molecule has 21 heavy (non-hydrogen) atoms. The van der Waals surface area contributed by atoms with E-state index in [-0.39, 0.29) is 11.9 Å². The predicted octanol–water partition coefficient (Wildman–Crippen LogP) is 1.53. The average molecular weight is 292 g/mol. The Hall–Kier alpha value is -1.69. The number of anilines is 1. The van der Waals surface area contributed by atoms with Crippen molar-refractivity contribution in [1.29, 1.82) is 0 Å². The Balaban J connectivity index is 2.25. The van der Waals surface area contributed by atoms with Crippen LogP contribution in [-0.2, 0) is 4.74 Å². The largest absolute Gasteiger partial charge is 0.462 e. The molecule has 0 radical (unpaired) electrons. The Labute approximate surface area is 126 Å². The summed E-state index contributed by atoms with van der Waals surface area (Å²) < 4.78 is 5.08. The number of esters is 1. The van der Waals surface area contributed by atoms with E-state index >= 15 is 0 Å². The molecule has 2 heterocycles. The van der Waals surface area contributed by atoms with Crippen LogP contribution in [0.15, 0.2) is 6.20 Å². The fourth-order valence-corrected chi connectivity index (χ4v) is 2.35. The van der Waals surface area contributed by atoms with Gasteiger partial charge < -0.3 is 14.5 Å². The van der Waals surface area contributed by atoms with Crippen LogP contribution < -0.4 is 4.90 Å². The molecule has 0 atom stereocenters. The molecule has 1 fully saturated rings. The first-order chi connectivity index (χ1) is 10.0. The van der Waals surface area contributed by atoms with Gasteiger partial charge in [0.15, 0.2) is 0 Å². The zero-order valence-corrected chi connectivity index (χ0v) is 13.3. The van der Waals surface area contributed by atoms with Crippen LogP contribution in [0.2, 0.25) is 0 Å². The monoisotopic (exact) mass is 292 g/mol. The van der Waals surface area contributed by atoms with Gasteiger partial charge in [-0.3, -0.25) is 0 Å². The van der Waals surface area contributed by atoms with Crippen molar-refractivity contribution in [2.45, 2.75) is 26.7 Å². The fourth-order valence-electron chi connectivity index (χ4n) is 2.35. The van der Waals surface area contributed by atoms with Gasteiger partial charge in [-0.15, -0.1) is 0 Å². The average Bonchev–Trinajstić information content (AvgIpc) is 2.47. The summed E-state index contributed by atoms with van der Waals surface area (Å²) in [4.78, 5) is 25.4. The van der Waals surface area contributed by atoms with E-state index in [1.165, 1.54) is 0 Å². The quantitative estimate of drug-likeness (QED) is 0.784. The Kier molecular flexibility index (Phi) is 5.12. The first kappa shape index (κ1) is 15.7. The standard InChI is InChI=1S/C15H24N4O2/c1-5-21-14(20)12-10-16-15(17-13(12)11(2)3)19-8-6-18(4)7-9-19/h10-11H,5-9H2,1-4H3. The van der Waals surface area contributed by atoms with E-state index in [0.29, 0.717) is 18.1 Å². The third-order valence-electron chi connectivity index (χ3n) is 3.63. The van der Waals surface area contributed by atoms with Crippen LogP contribution in [0.3, 0.4) is 0 Å². The van der Waals surface area contributed by atoms with Gasteiger partial charge in [0, 0.05) is 32.4 Å². The normalized spacial score (nSPS) is 16.3. The third kappa shape index (κ3) is 3.69. The van der Waals surface area contributed by atoms with Crippen LogP contribution in [0.5, 0.6) is 0 Å². The van der Waals surface area contributed by atoms with Gasteiger partial charge in [-0.05, 0) is 19.9 Å². The Morgan fingerprint density at radius 1 is 1.33 bits per heavy atom. The molecule has 6 heteroatoms. The maximum atomic E-state index is 12.0. The van der Waals surface area contributed by atoms with E-state index in [1.807, 2.05) is 13.8 Å². The second-order valence-corrected chi connectivity index (χ2v) is 5.63. The van der Waals surface area contributed by atoms with Gasteiger partial charge in [0.05, 0.1) is 17.9 Å². The summed E-state index contributed by atoms with van der Waals surface area (Å²) in [6, 6.07) is 0. The Morgan fingerprint density at radius 2 is 2.00 bits per heavy atom. The number of likely N-dealkylation sites (N-methyl/N-ethyl adjacent to an activating group) is 1. The number of rotatable bonds is 4. The van der Waals surface area contributed by atoms with E-state index in [0.717, 1.165) is 31.9 Å². The summed E-state index contributed by atoms with van der Waals surface area (Å²) in [7, 11) is 2.11. The topological polar surface area (TPSA) is 58.6 Å². The summed E-state index contributed by atoms with van der Waals surface area (Å²) in [5.41, 5.74) is 1.24. The van der Waals surface area contributed by atoms with E-state index in [4.69, 9.17) is 4.74 Å². The number of piperazine rings is 1. The minimum absolute atomic E-state index is 0.152. The highest BCUT2D eigenvalue weighted by Crippen LogP contribution is 2.21. The second kappa shape index (κ2) is 6.85. The summed E-state index contributed by atoms with van der Waals surface area (Å²) in [6.07, 6.45) is 1.61. The molecular formula is C15H24N4O2. The molecule has 2 rings (SSSR count). The number of ether oxygens (including phenoxy) is 1. The van der Waals surface area contributed by atoms with Gasteiger partial charge in [-0.25, -0.2) is 14.8 Å². The molecule has 1 aromatic rings. The molecule has 0 spiro atoms. The lowest BCUT2D eigenvalue weighted by molar-refractivity contribution is 0.0523. The van der Waals surface area contributed by atoms with Crippen molar-refractivity contribution in [3.8, 4) is 0 Å². The van der Waals surface area contributed by atoms with Crippen LogP contribution >= 0.6 is 0 Å². The lowest BCUT2D eigenvalue weighted by Gasteiger charge is -2.32. The van der Waals surface area contributed by atoms with Crippen molar-refractivity contribution in [3.63, 3.8) is 0 Å². The summed E-state index contributed by atoms with van der Waals surface area (Å²) in [6.45, 7) is 10.0. The molecular weight excluding hydrogens is 268 g/mol. The minimum Gasteiger partial charge on any atom is -0.462 e. The van der Waals surface area contributed by atoms with Gasteiger partial charge in [-0.1, -0.05) is 13.8 Å². The van der Waals surface area contributed by atoms with Crippen molar-refractivity contribution in [1.82, 2.24) is 14.9 Å². The molecule has 0 aromatic carbocycles. The molecule has 1 saturated heterocycles. The maximum Gasteiger partial charge on any atom is 0.341 e. The molecule has 0 amide bonds. The molecule has 0 N–H and O–H groups in total. The molecule has 1 aliphatic heterocycles. The lowest BCUT2D eigenvalue weighted by Crippen LogP contribution is -2.45. The van der Waals surface area contributed by atoms with Crippen molar-refractivity contribution < 1.29 is 9.53 Å². The molecule has 1 aliphatic rings. The van der Waals surface area contributed by atoms with E-state index in [9.17, 15) is 4.79 Å². The van der Waals surface area contributed by atoms with Gasteiger partial charge >= 0.3 is 5.97 Å².